The van der Waals surface area contributed by atoms with Gasteiger partial charge in [-0.05, 0) is 86.6 Å². The van der Waals surface area contributed by atoms with Crippen LogP contribution in [-0.2, 0) is 6.42 Å². The van der Waals surface area contributed by atoms with E-state index in [1.165, 1.54) is 43.7 Å². The SMILES string of the molecule is CCOc1ccc(C2CCC(CCc3ccc(F)nc3)CC2)cc1. The second-order valence-electron chi connectivity index (χ2n) is 6.75. The molecule has 1 aliphatic carbocycles. The Labute approximate surface area is 144 Å². The van der Waals surface area contributed by atoms with E-state index in [4.69, 9.17) is 4.74 Å². The van der Waals surface area contributed by atoms with Gasteiger partial charge in [0.2, 0.25) is 5.95 Å². The van der Waals surface area contributed by atoms with E-state index in [9.17, 15) is 4.39 Å². The molecule has 1 saturated carbocycles. The highest BCUT2D eigenvalue weighted by Gasteiger charge is 2.22. The molecule has 2 nitrogen and oxygen atoms in total. The van der Waals surface area contributed by atoms with Gasteiger partial charge in [-0.15, -0.1) is 0 Å². The molecule has 0 amide bonds. The van der Waals surface area contributed by atoms with Crippen molar-refractivity contribution in [2.45, 2.75) is 51.4 Å². The van der Waals surface area contributed by atoms with Gasteiger partial charge in [-0.2, -0.15) is 4.39 Å². The number of hydrogen-bond acceptors (Lipinski definition) is 2. The van der Waals surface area contributed by atoms with Crippen LogP contribution in [0.4, 0.5) is 4.39 Å². The zero-order chi connectivity index (χ0) is 16.8. The second kappa shape index (κ2) is 8.27. The number of halogens is 1. The molecule has 2 aromatic rings. The zero-order valence-corrected chi connectivity index (χ0v) is 14.4. The van der Waals surface area contributed by atoms with Crippen LogP contribution in [0.2, 0.25) is 0 Å². The first kappa shape index (κ1) is 16.9. The number of pyridine rings is 1. The van der Waals surface area contributed by atoms with Crippen molar-refractivity contribution in [1.29, 1.82) is 0 Å². The highest BCUT2D eigenvalue weighted by molar-refractivity contribution is 5.29. The third-order valence-electron chi connectivity index (χ3n) is 5.14. The predicted octanol–water partition coefficient (Wildman–Crippen LogP) is 5.53. The Hall–Kier alpha value is -1.90. The maximum Gasteiger partial charge on any atom is 0.212 e. The fraction of sp³-hybridized carbons (Fsp3) is 0.476. The van der Waals surface area contributed by atoms with Crippen LogP contribution in [0.5, 0.6) is 5.75 Å². The van der Waals surface area contributed by atoms with Crippen LogP contribution in [-0.4, -0.2) is 11.6 Å². The lowest BCUT2D eigenvalue weighted by Gasteiger charge is -2.29. The molecule has 1 heterocycles. The smallest absolute Gasteiger partial charge is 0.212 e. The molecule has 1 aromatic heterocycles. The van der Waals surface area contributed by atoms with Gasteiger partial charge in [-0.3, -0.25) is 0 Å². The van der Waals surface area contributed by atoms with Crippen molar-refractivity contribution in [2.24, 2.45) is 5.92 Å². The van der Waals surface area contributed by atoms with E-state index in [1.807, 2.05) is 13.0 Å². The largest absolute Gasteiger partial charge is 0.494 e. The average Bonchev–Trinajstić information content (AvgIpc) is 2.63. The third-order valence-corrected chi connectivity index (χ3v) is 5.14. The Bertz CT molecular complexity index is 615. The number of hydrogen-bond donors (Lipinski definition) is 0. The van der Waals surface area contributed by atoms with Gasteiger partial charge < -0.3 is 4.74 Å². The number of rotatable bonds is 6. The molecule has 0 N–H and O–H groups in total. The lowest BCUT2D eigenvalue weighted by molar-refractivity contribution is 0.309. The molecule has 0 saturated heterocycles. The van der Waals surface area contributed by atoms with Crippen molar-refractivity contribution in [3.8, 4) is 5.75 Å². The highest BCUT2D eigenvalue weighted by atomic mass is 19.1. The van der Waals surface area contributed by atoms with Crippen LogP contribution in [0.3, 0.4) is 0 Å². The molecule has 0 bridgehead atoms. The first-order valence-corrected chi connectivity index (χ1v) is 9.07. The first-order valence-electron chi connectivity index (χ1n) is 9.07. The zero-order valence-electron chi connectivity index (χ0n) is 14.4. The van der Waals surface area contributed by atoms with E-state index >= 15 is 0 Å². The highest BCUT2D eigenvalue weighted by Crippen LogP contribution is 2.37. The van der Waals surface area contributed by atoms with E-state index in [0.717, 1.165) is 23.7 Å². The third kappa shape index (κ3) is 4.56. The Morgan fingerprint density at radius 3 is 2.42 bits per heavy atom. The summed E-state index contributed by atoms with van der Waals surface area (Å²) in [5.41, 5.74) is 2.59. The number of benzene rings is 1. The molecule has 0 spiro atoms. The van der Waals surface area contributed by atoms with Gasteiger partial charge >= 0.3 is 0 Å². The topological polar surface area (TPSA) is 22.1 Å². The summed E-state index contributed by atoms with van der Waals surface area (Å²) in [5.74, 6) is 2.04. The molecule has 24 heavy (non-hydrogen) atoms. The molecule has 0 aliphatic heterocycles. The summed E-state index contributed by atoms with van der Waals surface area (Å²) in [6, 6.07) is 11.9. The summed E-state index contributed by atoms with van der Waals surface area (Å²) in [5, 5.41) is 0. The van der Waals surface area contributed by atoms with Crippen molar-refractivity contribution in [3.63, 3.8) is 0 Å². The normalized spacial score (nSPS) is 20.8. The van der Waals surface area contributed by atoms with Crippen molar-refractivity contribution in [2.75, 3.05) is 6.61 Å². The van der Waals surface area contributed by atoms with Crippen LogP contribution in [0, 0.1) is 11.9 Å². The van der Waals surface area contributed by atoms with Gasteiger partial charge in [0, 0.05) is 6.20 Å². The number of aromatic nitrogens is 1. The minimum absolute atomic E-state index is 0.394. The molecular weight excluding hydrogens is 301 g/mol. The first-order chi connectivity index (χ1) is 11.7. The van der Waals surface area contributed by atoms with E-state index in [0.29, 0.717) is 12.5 Å². The standard InChI is InChI=1S/C21H26FNO/c1-2-24-20-12-10-19(11-13-20)18-8-5-16(6-9-18)3-4-17-7-14-21(22)23-15-17/h7,10-16,18H,2-6,8-9H2,1H3. The van der Waals surface area contributed by atoms with E-state index in [-0.39, 0.29) is 0 Å². The van der Waals surface area contributed by atoms with E-state index in [2.05, 4.69) is 29.2 Å². The summed E-state index contributed by atoms with van der Waals surface area (Å²) in [4.78, 5) is 3.74. The summed E-state index contributed by atoms with van der Waals surface area (Å²) >= 11 is 0. The predicted molar refractivity (Wildman–Crippen MR) is 94.8 cm³/mol. The Balaban J connectivity index is 1.45. The molecular formula is C21H26FNO. The van der Waals surface area contributed by atoms with Crippen LogP contribution in [0.1, 0.15) is 56.1 Å². The molecule has 3 rings (SSSR count). The minimum Gasteiger partial charge on any atom is -0.494 e. The Morgan fingerprint density at radius 1 is 1.04 bits per heavy atom. The summed E-state index contributed by atoms with van der Waals surface area (Å²) in [6.07, 6.45) is 8.95. The fourth-order valence-corrected chi connectivity index (χ4v) is 3.71. The van der Waals surface area contributed by atoms with Crippen LogP contribution in [0.15, 0.2) is 42.6 Å². The fourth-order valence-electron chi connectivity index (χ4n) is 3.71. The van der Waals surface area contributed by atoms with Crippen molar-refractivity contribution >= 4 is 0 Å². The number of ether oxygens (including phenoxy) is 1. The van der Waals surface area contributed by atoms with Gasteiger partial charge in [-0.25, -0.2) is 4.98 Å². The number of aryl methyl sites for hydroxylation is 1. The quantitative estimate of drug-likeness (QED) is 0.651. The van der Waals surface area contributed by atoms with Crippen LogP contribution in [0.25, 0.3) is 0 Å². The monoisotopic (exact) mass is 327 g/mol. The molecule has 128 valence electrons. The molecule has 1 fully saturated rings. The molecule has 0 unspecified atom stereocenters. The maximum atomic E-state index is 12.8. The second-order valence-corrected chi connectivity index (χ2v) is 6.75. The summed E-state index contributed by atoms with van der Waals surface area (Å²) < 4.78 is 18.4. The maximum absolute atomic E-state index is 12.8. The van der Waals surface area contributed by atoms with Crippen molar-refractivity contribution in [3.05, 3.63) is 59.7 Å². The molecule has 3 heteroatoms. The Kier molecular flexibility index (Phi) is 5.84. The van der Waals surface area contributed by atoms with Crippen molar-refractivity contribution < 1.29 is 9.13 Å². The van der Waals surface area contributed by atoms with Gasteiger partial charge in [0.15, 0.2) is 0 Å². The van der Waals surface area contributed by atoms with Gasteiger partial charge in [0.1, 0.15) is 5.75 Å². The molecule has 1 aromatic carbocycles. The van der Waals surface area contributed by atoms with Gasteiger partial charge in [0.25, 0.3) is 0 Å². The molecule has 0 atom stereocenters. The van der Waals surface area contributed by atoms with E-state index in [1.54, 1.807) is 6.20 Å². The lowest BCUT2D eigenvalue weighted by atomic mass is 9.77. The van der Waals surface area contributed by atoms with E-state index < -0.39 is 5.95 Å². The molecule has 0 radical (unpaired) electrons. The van der Waals surface area contributed by atoms with Crippen LogP contribution < -0.4 is 4.74 Å². The van der Waals surface area contributed by atoms with Gasteiger partial charge in [0.05, 0.1) is 6.61 Å². The van der Waals surface area contributed by atoms with Gasteiger partial charge in [-0.1, -0.05) is 18.2 Å². The average molecular weight is 327 g/mol. The van der Waals surface area contributed by atoms with Crippen molar-refractivity contribution in [1.82, 2.24) is 4.98 Å². The number of nitrogens with zero attached hydrogens (tertiary/aromatic N) is 1. The molecule has 1 aliphatic rings. The van der Waals surface area contributed by atoms with Crippen LogP contribution >= 0.6 is 0 Å². The minimum atomic E-state index is -0.394. The summed E-state index contributed by atoms with van der Waals surface area (Å²) in [6.45, 7) is 2.73. The lowest BCUT2D eigenvalue weighted by Crippen LogP contribution is -2.14. The summed E-state index contributed by atoms with van der Waals surface area (Å²) in [7, 11) is 0. The Morgan fingerprint density at radius 2 is 1.79 bits per heavy atom.